The topological polar surface area (TPSA) is 153 Å². The van der Waals surface area contributed by atoms with E-state index in [-0.39, 0.29) is 34.5 Å². The molecule has 0 atom stereocenters. The number of amides is 2. The summed E-state index contributed by atoms with van der Waals surface area (Å²) in [7, 11) is 2.92. The SMILES string of the molecule is COc1ccc(NC(=O)c2cc(NC(=N)NC(=O)c3cc(CO)c(CO)c(OC)c3)ccc2Cl)cc1. The summed E-state index contributed by atoms with van der Waals surface area (Å²) in [4.78, 5) is 25.4. The fourth-order valence-electron chi connectivity index (χ4n) is 3.35. The summed E-state index contributed by atoms with van der Waals surface area (Å²) in [6, 6.07) is 14.1. The van der Waals surface area contributed by atoms with Crippen molar-refractivity contribution < 1.29 is 29.3 Å². The molecule has 3 aromatic rings. The van der Waals surface area contributed by atoms with Crippen LogP contribution in [0, 0.1) is 5.41 Å². The highest BCUT2D eigenvalue weighted by Gasteiger charge is 2.17. The van der Waals surface area contributed by atoms with Crippen molar-refractivity contribution in [1.29, 1.82) is 5.41 Å². The Morgan fingerprint density at radius 1 is 0.889 bits per heavy atom. The maximum absolute atomic E-state index is 12.7. The minimum absolute atomic E-state index is 0.121. The zero-order valence-corrected chi connectivity index (χ0v) is 20.3. The molecule has 0 spiro atoms. The maximum atomic E-state index is 12.7. The van der Waals surface area contributed by atoms with Crippen molar-refractivity contribution in [3.63, 3.8) is 0 Å². The fourth-order valence-corrected chi connectivity index (χ4v) is 3.55. The van der Waals surface area contributed by atoms with Gasteiger partial charge in [-0.1, -0.05) is 11.6 Å². The number of benzene rings is 3. The Hall–Kier alpha value is -4.12. The second kappa shape index (κ2) is 12.0. The highest BCUT2D eigenvalue weighted by Crippen LogP contribution is 2.26. The average molecular weight is 513 g/mol. The number of nitrogens with one attached hydrogen (secondary N) is 4. The van der Waals surface area contributed by atoms with Crippen molar-refractivity contribution >= 4 is 40.7 Å². The number of hydrogen-bond acceptors (Lipinski definition) is 7. The van der Waals surface area contributed by atoms with Crippen LogP contribution in [0.15, 0.2) is 54.6 Å². The van der Waals surface area contributed by atoms with Gasteiger partial charge < -0.3 is 30.3 Å². The summed E-state index contributed by atoms with van der Waals surface area (Å²) in [6.07, 6.45) is 0. The molecule has 0 unspecified atom stereocenters. The number of carbonyl (C=O) groups is 2. The number of hydrogen-bond donors (Lipinski definition) is 6. The summed E-state index contributed by atoms with van der Waals surface area (Å²) < 4.78 is 10.3. The first kappa shape index (κ1) is 26.5. The van der Waals surface area contributed by atoms with E-state index in [1.54, 1.807) is 37.4 Å². The minimum Gasteiger partial charge on any atom is -0.497 e. The van der Waals surface area contributed by atoms with Gasteiger partial charge in [0.2, 0.25) is 0 Å². The van der Waals surface area contributed by atoms with Gasteiger partial charge in [-0.15, -0.1) is 0 Å². The van der Waals surface area contributed by atoms with Gasteiger partial charge in [0.15, 0.2) is 5.96 Å². The van der Waals surface area contributed by atoms with Crippen LogP contribution in [0.5, 0.6) is 11.5 Å². The van der Waals surface area contributed by atoms with Gasteiger partial charge in [-0.2, -0.15) is 0 Å². The molecule has 0 aliphatic carbocycles. The lowest BCUT2D eigenvalue weighted by molar-refractivity contribution is 0.0974. The molecular formula is C25H25ClN4O6. The number of rotatable bonds is 8. The molecule has 2 amide bonds. The van der Waals surface area contributed by atoms with Gasteiger partial charge in [0.25, 0.3) is 11.8 Å². The van der Waals surface area contributed by atoms with Crippen LogP contribution >= 0.6 is 11.6 Å². The van der Waals surface area contributed by atoms with Crippen molar-refractivity contribution in [1.82, 2.24) is 5.32 Å². The van der Waals surface area contributed by atoms with Gasteiger partial charge in [0, 0.05) is 22.5 Å². The summed E-state index contributed by atoms with van der Waals surface area (Å²) in [5, 5.41) is 35.2. The Morgan fingerprint density at radius 3 is 2.19 bits per heavy atom. The molecule has 10 nitrogen and oxygen atoms in total. The molecule has 0 fully saturated rings. The van der Waals surface area contributed by atoms with E-state index < -0.39 is 18.4 Å². The number of guanidine groups is 1. The lowest BCUT2D eigenvalue weighted by Crippen LogP contribution is -2.35. The molecule has 0 aliphatic heterocycles. The van der Waals surface area contributed by atoms with E-state index in [2.05, 4.69) is 16.0 Å². The Morgan fingerprint density at radius 2 is 1.58 bits per heavy atom. The highest BCUT2D eigenvalue weighted by molar-refractivity contribution is 6.34. The van der Waals surface area contributed by atoms with E-state index >= 15 is 0 Å². The van der Waals surface area contributed by atoms with Gasteiger partial charge in [0.1, 0.15) is 11.5 Å². The summed E-state index contributed by atoms with van der Waals surface area (Å²) in [6.45, 7) is -0.779. The van der Waals surface area contributed by atoms with Crippen LogP contribution in [0.4, 0.5) is 11.4 Å². The quantitative estimate of drug-likeness (QED) is 0.200. The summed E-state index contributed by atoms with van der Waals surface area (Å²) in [5.41, 5.74) is 1.86. The van der Waals surface area contributed by atoms with Crippen molar-refractivity contribution in [2.24, 2.45) is 0 Å². The van der Waals surface area contributed by atoms with Gasteiger partial charge in [-0.05, 0) is 60.2 Å². The Bertz CT molecular complexity index is 1260. The van der Waals surface area contributed by atoms with Gasteiger partial charge in [-0.3, -0.25) is 20.3 Å². The number of methoxy groups -OCH3 is 2. The van der Waals surface area contributed by atoms with Gasteiger partial charge in [-0.25, -0.2) is 0 Å². The molecule has 0 radical (unpaired) electrons. The molecule has 6 N–H and O–H groups in total. The number of carbonyl (C=O) groups excluding carboxylic acids is 2. The van der Waals surface area contributed by atoms with E-state index in [4.69, 9.17) is 26.5 Å². The third kappa shape index (κ3) is 6.30. The third-order valence-electron chi connectivity index (χ3n) is 5.18. The standard InChI is InChI=1S/C25H25ClN4O6/c1-35-18-6-3-16(4-7-18)28-24(34)19-11-17(5-8-21(19)26)29-25(27)30-23(33)14-9-15(12-31)20(13-32)22(10-14)36-2/h3-11,31-32H,12-13H2,1-2H3,(H,28,34)(H3,27,29,30,33). The van der Waals surface area contributed by atoms with Crippen LogP contribution in [0.1, 0.15) is 31.8 Å². The zero-order valence-electron chi connectivity index (χ0n) is 19.5. The lowest BCUT2D eigenvalue weighted by Gasteiger charge is -2.15. The molecule has 0 heterocycles. The first-order valence-electron chi connectivity index (χ1n) is 10.6. The first-order valence-corrected chi connectivity index (χ1v) is 11.0. The predicted octanol–water partition coefficient (Wildman–Crippen LogP) is 3.37. The van der Waals surface area contributed by atoms with Gasteiger partial charge >= 0.3 is 0 Å². The number of ether oxygens (including phenoxy) is 2. The second-order valence-electron chi connectivity index (χ2n) is 7.46. The Balaban J connectivity index is 1.71. The minimum atomic E-state index is -0.642. The normalized spacial score (nSPS) is 10.4. The molecule has 0 aliphatic rings. The van der Waals surface area contributed by atoms with E-state index in [0.717, 1.165) is 0 Å². The number of anilines is 2. The van der Waals surface area contributed by atoms with E-state index in [0.29, 0.717) is 28.3 Å². The van der Waals surface area contributed by atoms with Gasteiger partial charge in [0.05, 0.1) is 38.0 Å². The summed E-state index contributed by atoms with van der Waals surface area (Å²) in [5.74, 6) is -0.583. The lowest BCUT2D eigenvalue weighted by atomic mass is 10.0. The molecule has 0 saturated carbocycles. The molecule has 188 valence electrons. The van der Waals surface area contributed by atoms with Crippen LogP contribution in [-0.2, 0) is 13.2 Å². The van der Waals surface area contributed by atoms with Crippen molar-refractivity contribution in [2.45, 2.75) is 13.2 Å². The molecule has 0 saturated heterocycles. The van der Waals surface area contributed by atoms with Crippen molar-refractivity contribution in [3.8, 4) is 11.5 Å². The van der Waals surface area contributed by atoms with Crippen LogP contribution in [0.2, 0.25) is 5.02 Å². The Kier molecular flexibility index (Phi) is 8.85. The average Bonchev–Trinajstić information content (AvgIpc) is 2.89. The van der Waals surface area contributed by atoms with Crippen LogP contribution < -0.4 is 25.4 Å². The Labute approximate surface area is 212 Å². The zero-order chi connectivity index (χ0) is 26.2. The van der Waals surface area contributed by atoms with E-state index in [1.165, 1.54) is 31.4 Å². The monoisotopic (exact) mass is 512 g/mol. The van der Waals surface area contributed by atoms with Crippen LogP contribution in [0.3, 0.4) is 0 Å². The molecule has 0 bridgehead atoms. The fraction of sp³-hybridized carbons (Fsp3) is 0.160. The maximum Gasteiger partial charge on any atom is 0.258 e. The smallest absolute Gasteiger partial charge is 0.258 e. The molecule has 3 aromatic carbocycles. The van der Waals surface area contributed by atoms with E-state index in [1.807, 2.05) is 0 Å². The number of aliphatic hydroxyl groups excluding tert-OH is 2. The summed E-state index contributed by atoms with van der Waals surface area (Å²) >= 11 is 6.21. The van der Waals surface area contributed by atoms with Crippen LogP contribution in [0.25, 0.3) is 0 Å². The molecule has 11 heteroatoms. The third-order valence-corrected chi connectivity index (χ3v) is 5.51. The van der Waals surface area contributed by atoms with Crippen LogP contribution in [-0.4, -0.2) is 42.2 Å². The first-order chi connectivity index (χ1) is 17.3. The largest absolute Gasteiger partial charge is 0.497 e. The highest BCUT2D eigenvalue weighted by atomic mass is 35.5. The van der Waals surface area contributed by atoms with Crippen molar-refractivity contribution in [2.75, 3.05) is 24.9 Å². The molecule has 3 rings (SSSR count). The molecule has 0 aromatic heterocycles. The molecule has 36 heavy (non-hydrogen) atoms. The number of halogens is 1. The molecular weight excluding hydrogens is 488 g/mol. The second-order valence-corrected chi connectivity index (χ2v) is 7.87. The van der Waals surface area contributed by atoms with Crippen molar-refractivity contribution in [3.05, 3.63) is 81.9 Å². The number of aliphatic hydroxyl groups is 2. The predicted molar refractivity (Wildman–Crippen MR) is 136 cm³/mol. The van der Waals surface area contributed by atoms with E-state index in [9.17, 15) is 19.8 Å².